The van der Waals surface area contributed by atoms with Crippen molar-refractivity contribution in [1.29, 1.82) is 0 Å². The summed E-state index contributed by atoms with van der Waals surface area (Å²) in [5, 5.41) is 13.5. The van der Waals surface area contributed by atoms with Crippen LogP contribution < -0.4 is 0 Å². The first-order valence-electron chi connectivity index (χ1n) is 3.10. The Kier molecular flexibility index (Phi) is 1.92. The predicted molar refractivity (Wildman–Crippen MR) is 44.2 cm³/mol. The van der Waals surface area contributed by atoms with Crippen molar-refractivity contribution < 1.29 is 0 Å². The smallest absolute Gasteiger partial charge is 0.237 e. The number of nitrogens with zero attached hydrogens (tertiary/aromatic N) is 5. The number of aromatic amines is 1. The Bertz CT molecular complexity index is 399. The Morgan fingerprint density at radius 2 is 2.58 bits per heavy atom. The molecule has 2 aromatic rings. The summed E-state index contributed by atoms with van der Waals surface area (Å²) in [6.45, 7) is 0.601. The van der Waals surface area contributed by atoms with Crippen molar-refractivity contribution >= 4 is 23.8 Å². The summed E-state index contributed by atoms with van der Waals surface area (Å²) in [6.07, 6.45) is 1.69. The van der Waals surface area contributed by atoms with Gasteiger partial charge in [0.25, 0.3) is 0 Å². The van der Waals surface area contributed by atoms with Crippen LogP contribution in [0.15, 0.2) is 6.20 Å². The van der Waals surface area contributed by atoms with E-state index in [0.717, 1.165) is 4.88 Å². The molecule has 0 bridgehead atoms. The normalized spacial score (nSPS) is 10.3. The maximum Gasteiger partial charge on any atom is 0.238 e. The van der Waals surface area contributed by atoms with Gasteiger partial charge < -0.3 is 0 Å². The van der Waals surface area contributed by atoms with Crippen molar-refractivity contribution in [1.82, 2.24) is 29.8 Å². The molecule has 8 heteroatoms. The van der Waals surface area contributed by atoms with E-state index in [1.165, 1.54) is 11.5 Å². The van der Waals surface area contributed by atoms with E-state index in [2.05, 4.69) is 25.1 Å². The molecule has 2 aromatic heterocycles. The van der Waals surface area contributed by atoms with Crippen LogP contribution >= 0.6 is 23.8 Å². The number of H-pyrrole nitrogens is 1. The monoisotopic (exact) mass is 200 g/mol. The molecule has 0 saturated heterocycles. The second kappa shape index (κ2) is 3.07. The zero-order valence-electron chi connectivity index (χ0n) is 5.84. The van der Waals surface area contributed by atoms with Gasteiger partial charge in [-0.3, -0.25) is 0 Å². The summed E-state index contributed by atoms with van der Waals surface area (Å²) in [5.41, 5.74) is 0. The van der Waals surface area contributed by atoms with Crippen molar-refractivity contribution in [3.05, 3.63) is 15.8 Å². The second-order valence-electron chi connectivity index (χ2n) is 2.05. The van der Waals surface area contributed by atoms with Gasteiger partial charge in [-0.1, -0.05) is 14.8 Å². The maximum absolute atomic E-state index is 4.88. The molecule has 0 spiro atoms. The number of hydrogen-bond acceptors (Lipinski definition) is 6. The lowest BCUT2D eigenvalue weighted by Gasteiger charge is -1.93. The molecule has 0 aliphatic carbocycles. The zero-order chi connectivity index (χ0) is 8.39. The van der Waals surface area contributed by atoms with Crippen molar-refractivity contribution in [2.24, 2.45) is 0 Å². The van der Waals surface area contributed by atoms with Crippen LogP contribution in [0.3, 0.4) is 0 Å². The van der Waals surface area contributed by atoms with Gasteiger partial charge in [0.2, 0.25) is 4.77 Å². The standard InChI is InChI=1S/C4H4N6S2/c11-4-6-7-8-10(4)2-3-1-5-9-12-3/h1H,2H2,(H,6,8,11). The molecule has 0 aliphatic heterocycles. The van der Waals surface area contributed by atoms with Crippen LogP contribution in [-0.2, 0) is 6.54 Å². The first kappa shape index (κ1) is 7.50. The number of rotatable bonds is 2. The number of hydrogen-bond donors (Lipinski definition) is 1. The van der Waals surface area contributed by atoms with Crippen LogP contribution in [0.25, 0.3) is 0 Å². The maximum atomic E-state index is 4.88. The highest BCUT2D eigenvalue weighted by Gasteiger charge is 1.99. The molecule has 62 valence electrons. The van der Waals surface area contributed by atoms with Crippen molar-refractivity contribution in [2.45, 2.75) is 6.54 Å². The van der Waals surface area contributed by atoms with E-state index in [0.29, 0.717) is 11.3 Å². The van der Waals surface area contributed by atoms with E-state index in [9.17, 15) is 0 Å². The molecule has 6 nitrogen and oxygen atoms in total. The third-order valence-electron chi connectivity index (χ3n) is 1.25. The van der Waals surface area contributed by atoms with E-state index in [1.807, 2.05) is 0 Å². The van der Waals surface area contributed by atoms with Crippen molar-refractivity contribution in [2.75, 3.05) is 0 Å². The average Bonchev–Trinajstić information content (AvgIpc) is 2.65. The molecule has 0 radical (unpaired) electrons. The molecular weight excluding hydrogens is 196 g/mol. The fraction of sp³-hybridized carbons (Fsp3) is 0.250. The van der Waals surface area contributed by atoms with Crippen LogP contribution in [0.2, 0.25) is 0 Å². The van der Waals surface area contributed by atoms with E-state index in [1.54, 1.807) is 10.9 Å². The van der Waals surface area contributed by atoms with Gasteiger partial charge in [-0.25, -0.2) is 4.68 Å². The highest BCUT2D eigenvalue weighted by atomic mass is 32.1. The highest BCUT2D eigenvalue weighted by Crippen LogP contribution is 2.03. The van der Waals surface area contributed by atoms with Gasteiger partial charge >= 0.3 is 0 Å². The van der Waals surface area contributed by atoms with Crippen LogP contribution in [0, 0.1) is 4.77 Å². The van der Waals surface area contributed by atoms with Gasteiger partial charge in [-0.15, -0.1) is 5.10 Å². The summed E-state index contributed by atoms with van der Waals surface area (Å²) in [7, 11) is 0. The molecule has 0 unspecified atom stereocenters. The Hall–Kier alpha value is -1.15. The number of aromatic nitrogens is 6. The van der Waals surface area contributed by atoms with Crippen molar-refractivity contribution in [3.63, 3.8) is 0 Å². The molecule has 0 atom stereocenters. The largest absolute Gasteiger partial charge is 0.238 e. The van der Waals surface area contributed by atoms with E-state index >= 15 is 0 Å². The lowest BCUT2D eigenvalue weighted by atomic mass is 10.5. The topological polar surface area (TPSA) is 72.3 Å². The first-order chi connectivity index (χ1) is 5.86. The van der Waals surface area contributed by atoms with Crippen LogP contribution in [0.4, 0.5) is 0 Å². The highest BCUT2D eigenvalue weighted by molar-refractivity contribution is 7.71. The summed E-state index contributed by atoms with van der Waals surface area (Å²) in [4.78, 5) is 1.01. The SMILES string of the molecule is S=c1nn[nH]n1Cc1cnns1. The summed E-state index contributed by atoms with van der Waals surface area (Å²) >= 11 is 6.21. The van der Waals surface area contributed by atoms with Crippen LogP contribution in [0.5, 0.6) is 0 Å². The second-order valence-corrected chi connectivity index (χ2v) is 3.29. The van der Waals surface area contributed by atoms with Crippen LogP contribution in [0.1, 0.15) is 4.88 Å². The fourth-order valence-corrected chi connectivity index (χ4v) is 1.36. The molecule has 0 saturated carbocycles. The molecule has 0 fully saturated rings. The zero-order valence-corrected chi connectivity index (χ0v) is 7.47. The summed E-state index contributed by atoms with van der Waals surface area (Å²) in [5.74, 6) is 0. The Morgan fingerprint density at radius 3 is 3.17 bits per heavy atom. The van der Waals surface area contributed by atoms with Gasteiger partial charge in [-0.05, 0) is 23.8 Å². The van der Waals surface area contributed by atoms with E-state index in [4.69, 9.17) is 12.2 Å². The lowest BCUT2D eigenvalue weighted by Crippen LogP contribution is -2.00. The minimum absolute atomic E-state index is 0.434. The van der Waals surface area contributed by atoms with Gasteiger partial charge in [-0.2, -0.15) is 5.21 Å². The number of tetrazole rings is 1. The molecule has 2 heterocycles. The minimum Gasteiger partial charge on any atom is -0.237 e. The summed E-state index contributed by atoms with van der Waals surface area (Å²) < 4.78 is 5.80. The predicted octanol–water partition coefficient (Wildman–Crippen LogP) is 0.235. The van der Waals surface area contributed by atoms with Gasteiger partial charge in [0.15, 0.2) is 0 Å². The average molecular weight is 200 g/mol. The molecule has 0 aromatic carbocycles. The third kappa shape index (κ3) is 1.38. The third-order valence-corrected chi connectivity index (χ3v) is 2.20. The number of nitrogens with one attached hydrogen (secondary N) is 1. The Morgan fingerprint density at radius 1 is 1.67 bits per heavy atom. The lowest BCUT2D eigenvalue weighted by molar-refractivity contribution is 0.647. The summed E-state index contributed by atoms with van der Waals surface area (Å²) in [6, 6.07) is 0. The molecular formula is C4H4N6S2. The van der Waals surface area contributed by atoms with Crippen LogP contribution in [-0.4, -0.2) is 29.8 Å². The van der Waals surface area contributed by atoms with Crippen molar-refractivity contribution in [3.8, 4) is 0 Å². The Labute approximate surface area is 76.4 Å². The van der Waals surface area contributed by atoms with Gasteiger partial charge in [0.05, 0.1) is 17.6 Å². The molecule has 2 rings (SSSR count). The molecule has 0 amide bonds. The van der Waals surface area contributed by atoms with Gasteiger partial charge in [0, 0.05) is 0 Å². The van der Waals surface area contributed by atoms with E-state index < -0.39 is 0 Å². The first-order valence-corrected chi connectivity index (χ1v) is 4.28. The van der Waals surface area contributed by atoms with E-state index in [-0.39, 0.29) is 0 Å². The minimum atomic E-state index is 0.434. The molecule has 12 heavy (non-hydrogen) atoms. The molecule has 1 N–H and O–H groups in total. The van der Waals surface area contributed by atoms with Gasteiger partial charge in [0.1, 0.15) is 0 Å². The Balaban J connectivity index is 2.25. The quantitative estimate of drug-likeness (QED) is 0.703. The molecule has 0 aliphatic rings. The fourth-order valence-electron chi connectivity index (χ4n) is 0.732.